The van der Waals surface area contributed by atoms with E-state index in [2.05, 4.69) is 10.1 Å². The molecular weight excluding hydrogens is 411 g/mol. The third-order valence-electron chi connectivity index (χ3n) is 5.24. The van der Waals surface area contributed by atoms with Crippen molar-refractivity contribution < 1.29 is 9.13 Å². The first-order chi connectivity index (χ1) is 15.6. The number of hydrogen-bond donors (Lipinski definition) is 0. The molecule has 32 heavy (non-hydrogen) atoms. The topological polar surface area (TPSA) is 87.2 Å². The second kappa shape index (κ2) is 7.93. The maximum Gasteiger partial charge on any atom is 0.265 e. The Kier molecular flexibility index (Phi) is 4.95. The second-order valence-electron chi connectivity index (χ2n) is 7.30. The Morgan fingerprint density at radius 1 is 1.03 bits per heavy atom. The van der Waals surface area contributed by atoms with Crippen molar-refractivity contribution in [2.75, 3.05) is 13.7 Å². The second-order valence-corrected chi connectivity index (χ2v) is 7.30. The predicted octanol–water partition coefficient (Wildman–Crippen LogP) is 3.27. The van der Waals surface area contributed by atoms with Crippen molar-refractivity contribution in [3.63, 3.8) is 0 Å². The van der Waals surface area contributed by atoms with E-state index in [0.717, 1.165) is 0 Å². The van der Waals surface area contributed by atoms with Gasteiger partial charge >= 0.3 is 0 Å². The van der Waals surface area contributed by atoms with Gasteiger partial charge in [0.25, 0.3) is 5.56 Å². The molecule has 160 valence electrons. The quantitative estimate of drug-likeness (QED) is 0.400. The summed E-state index contributed by atoms with van der Waals surface area (Å²) in [5, 5.41) is 4.88. The van der Waals surface area contributed by atoms with Crippen LogP contribution in [0.15, 0.2) is 58.4 Å². The highest BCUT2D eigenvalue weighted by atomic mass is 19.1. The van der Waals surface area contributed by atoms with Gasteiger partial charge in [0.05, 0.1) is 30.4 Å². The van der Waals surface area contributed by atoms with Crippen molar-refractivity contribution in [1.82, 2.24) is 24.2 Å². The lowest BCUT2D eigenvalue weighted by atomic mass is 10.2. The molecule has 3 heterocycles. The van der Waals surface area contributed by atoms with Crippen LogP contribution in [0.1, 0.15) is 11.4 Å². The number of halogens is 1. The van der Waals surface area contributed by atoms with Crippen molar-refractivity contribution >= 4 is 39.4 Å². The molecule has 2 aromatic carbocycles. The van der Waals surface area contributed by atoms with Crippen LogP contribution in [0.2, 0.25) is 0 Å². The van der Waals surface area contributed by atoms with Crippen molar-refractivity contribution in [2.24, 2.45) is 5.10 Å². The van der Waals surface area contributed by atoms with E-state index in [4.69, 9.17) is 14.7 Å². The predicted molar refractivity (Wildman–Crippen MR) is 121 cm³/mol. The number of nitrogens with zero attached hydrogens (tertiary/aromatic N) is 6. The van der Waals surface area contributed by atoms with Crippen LogP contribution in [-0.2, 0) is 11.3 Å². The van der Waals surface area contributed by atoms with Gasteiger partial charge in [0.2, 0.25) is 0 Å². The average molecular weight is 430 g/mol. The Bertz CT molecular complexity index is 1550. The summed E-state index contributed by atoms with van der Waals surface area (Å²) in [5.41, 5.74) is 3.03. The molecule has 0 saturated heterocycles. The first kappa shape index (κ1) is 20.0. The summed E-state index contributed by atoms with van der Waals surface area (Å²) < 4.78 is 21.5. The number of hydrogen-bond acceptors (Lipinski definition) is 6. The summed E-state index contributed by atoms with van der Waals surface area (Å²) in [6.45, 7) is 2.51. The maximum absolute atomic E-state index is 13.4. The van der Waals surface area contributed by atoms with E-state index in [1.165, 1.54) is 16.8 Å². The van der Waals surface area contributed by atoms with E-state index in [1.54, 1.807) is 36.9 Å². The Morgan fingerprint density at radius 3 is 2.47 bits per heavy atom. The maximum atomic E-state index is 13.4. The molecule has 0 N–H and O–H groups in total. The van der Waals surface area contributed by atoms with E-state index < -0.39 is 0 Å². The van der Waals surface area contributed by atoms with E-state index >= 15 is 0 Å². The summed E-state index contributed by atoms with van der Waals surface area (Å²) >= 11 is 0. The first-order valence-electron chi connectivity index (χ1n) is 10.0. The van der Waals surface area contributed by atoms with Gasteiger partial charge in [0.1, 0.15) is 22.5 Å². The molecule has 5 aromatic rings. The van der Waals surface area contributed by atoms with Gasteiger partial charge in [-0.2, -0.15) is 9.78 Å². The third kappa shape index (κ3) is 3.32. The molecule has 5 rings (SSSR count). The van der Waals surface area contributed by atoms with Gasteiger partial charge in [-0.15, -0.1) is 0 Å². The van der Waals surface area contributed by atoms with Crippen molar-refractivity contribution in [2.45, 2.75) is 13.5 Å². The monoisotopic (exact) mass is 430 g/mol. The average Bonchev–Trinajstić information content (AvgIpc) is 3.09. The summed E-state index contributed by atoms with van der Waals surface area (Å²) in [6.07, 6.45) is 1.57. The van der Waals surface area contributed by atoms with Crippen LogP contribution in [-0.4, -0.2) is 44.1 Å². The molecule has 0 atom stereocenters. The highest BCUT2D eigenvalue weighted by Gasteiger charge is 2.21. The summed E-state index contributed by atoms with van der Waals surface area (Å²) in [4.78, 5) is 27.5. The molecule has 0 aliphatic carbocycles. The smallest absolute Gasteiger partial charge is 0.265 e. The zero-order valence-electron chi connectivity index (χ0n) is 17.5. The summed E-state index contributed by atoms with van der Waals surface area (Å²) in [6, 6.07) is 13.4. The van der Waals surface area contributed by atoms with Crippen LogP contribution in [0.25, 0.3) is 33.2 Å². The largest absolute Gasteiger partial charge is 0.383 e. The molecule has 9 heteroatoms. The van der Waals surface area contributed by atoms with E-state index in [9.17, 15) is 9.18 Å². The van der Waals surface area contributed by atoms with Crippen molar-refractivity contribution in [3.8, 4) is 0 Å². The molecule has 0 spiro atoms. The van der Waals surface area contributed by atoms with E-state index in [-0.39, 0.29) is 11.4 Å². The molecule has 0 amide bonds. The lowest BCUT2D eigenvalue weighted by Crippen LogP contribution is -2.25. The van der Waals surface area contributed by atoms with Crippen LogP contribution in [0, 0.1) is 12.7 Å². The van der Waals surface area contributed by atoms with Crippen molar-refractivity contribution in [1.29, 1.82) is 0 Å². The number of methoxy groups -OCH3 is 1. The van der Waals surface area contributed by atoms with Crippen LogP contribution >= 0.6 is 0 Å². The molecule has 0 radical (unpaired) electrons. The van der Waals surface area contributed by atoms with Gasteiger partial charge in [0.15, 0.2) is 11.3 Å². The van der Waals surface area contributed by atoms with Gasteiger partial charge in [-0.05, 0) is 36.8 Å². The van der Waals surface area contributed by atoms with Gasteiger partial charge in [-0.1, -0.05) is 24.3 Å². The van der Waals surface area contributed by atoms with Gasteiger partial charge < -0.3 is 4.74 Å². The number of para-hydroxylation sites is 2. The minimum Gasteiger partial charge on any atom is -0.383 e. The highest BCUT2D eigenvalue weighted by molar-refractivity contribution is 6.04. The summed E-state index contributed by atoms with van der Waals surface area (Å²) in [7, 11) is 1.58. The lowest BCUT2D eigenvalue weighted by molar-refractivity contribution is 0.185. The van der Waals surface area contributed by atoms with E-state index in [1.807, 2.05) is 24.3 Å². The molecular formula is C23H19FN6O2. The first-order valence-corrected chi connectivity index (χ1v) is 10.0. The summed E-state index contributed by atoms with van der Waals surface area (Å²) in [5.74, 6) is 0.204. The Morgan fingerprint density at radius 2 is 1.75 bits per heavy atom. The SMILES string of the molecule is COCCn1c(C)nc2c(c1=O)c1nc3ccccc3nc1n2/N=C/c1ccc(F)cc1. The molecule has 0 fully saturated rings. The molecule has 0 saturated carbocycles. The zero-order chi connectivity index (χ0) is 22.2. The molecule has 0 bridgehead atoms. The molecule has 3 aromatic heterocycles. The van der Waals surface area contributed by atoms with Gasteiger partial charge in [0, 0.05) is 7.11 Å². The Balaban J connectivity index is 1.83. The van der Waals surface area contributed by atoms with Crippen LogP contribution < -0.4 is 5.56 Å². The minimum atomic E-state index is -0.328. The lowest BCUT2D eigenvalue weighted by Gasteiger charge is -2.08. The van der Waals surface area contributed by atoms with Gasteiger partial charge in [-0.3, -0.25) is 9.36 Å². The fraction of sp³-hybridized carbons (Fsp3) is 0.174. The molecule has 0 aliphatic rings. The van der Waals surface area contributed by atoms with Gasteiger partial charge in [-0.25, -0.2) is 19.3 Å². The number of ether oxygens (including phenoxy) is 1. The molecule has 0 aliphatic heterocycles. The number of aromatic nitrogens is 5. The Hall–Kier alpha value is -3.98. The highest BCUT2D eigenvalue weighted by Crippen LogP contribution is 2.25. The van der Waals surface area contributed by atoms with Crippen LogP contribution in [0.5, 0.6) is 0 Å². The van der Waals surface area contributed by atoms with Crippen molar-refractivity contribution in [3.05, 3.63) is 76.1 Å². The standard InChI is InChI=1S/C23H19FN6O2/c1-14-26-21-19(23(31)29(14)11-12-32-2)20-22(28-18-6-4-3-5-17(18)27-20)30(21)25-13-15-7-9-16(24)10-8-15/h3-10,13H,11-12H2,1-2H3/b25-13+. The van der Waals surface area contributed by atoms with E-state index in [0.29, 0.717) is 57.8 Å². The van der Waals surface area contributed by atoms with Crippen LogP contribution in [0.3, 0.4) is 0 Å². The fourth-order valence-electron chi connectivity index (χ4n) is 3.64. The fourth-order valence-corrected chi connectivity index (χ4v) is 3.64. The zero-order valence-corrected chi connectivity index (χ0v) is 17.5. The minimum absolute atomic E-state index is 0.227. The third-order valence-corrected chi connectivity index (χ3v) is 5.24. The number of fused-ring (bicyclic) bond motifs is 4. The van der Waals surface area contributed by atoms with Crippen LogP contribution in [0.4, 0.5) is 4.39 Å². The number of benzene rings is 2. The Labute approximate surface area is 181 Å². The molecule has 8 nitrogen and oxygen atoms in total. The molecule has 0 unspecified atom stereocenters. The number of rotatable bonds is 5. The number of aryl methyl sites for hydroxylation is 1. The normalized spacial score (nSPS) is 12.0.